The van der Waals surface area contributed by atoms with Gasteiger partial charge in [-0.05, 0) is 33.6 Å². The van der Waals surface area contributed by atoms with Crippen LogP contribution < -0.4 is 5.73 Å². The molecular formula is C11H22N2O2. The van der Waals surface area contributed by atoms with Gasteiger partial charge in [-0.2, -0.15) is 0 Å². The molecule has 0 aromatic heterocycles. The highest BCUT2D eigenvalue weighted by atomic mass is 16.6. The van der Waals surface area contributed by atoms with Crippen molar-refractivity contribution in [1.29, 1.82) is 0 Å². The molecule has 1 saturated heterocycles. The van der Waals surface area contributed by atoms with Crippen molar-refractivity contribution in [3.05, 3.63) is 0 Å². The zero-order valence-electron chi connectivity index (χ0n) is 10.1. The van der Waals surface area contributed by atoms with Gasteiger partial charge < -0.3 is 15.4 Å². The van der Waals surface area contributed by atoms with E-state index >= 15 is 0 Å². The van der Waals surface area contributed by atoms with Crippen molar-refractivity contribution in [2.24, 2.45) is 5.73 Å². The van der Waals surface area contributed by atoms with Crippen molar-refractivity contribution in [2.45, 2.75) is 58.2 Å². The Balaban J connectivity index is 2.59. The number of carbonyl (C=O) groups is 1. The molecule has 88 valence electrons. The fourth-order valence-electron chi connectivity index (χ4n) is 1.88. The van der Waals surface area contributed by atoms with Gasteiger partial charge in [-0.1, -0.05) is 6.92 Å². The predicted molar refractivity (Wildman–Crippen MR) is 59.6 cm³/mol. The van der Waals surface area contributed by atoms with Gasteiger partial charge >= 0.3 is 6.09 Å². The van der Waals surface area contributed by atoms with E-state index in [1.807, 2.05) is 20.8 Å². The first-order valence-corrected chi connectivity index (χ1v) is 5.58. The summed E-state index contributed by atoms with van der Waals surface area (Å²) in [5.74, 6) is 0. The molecule has 0 aromatic carbocycles. The quantitative estimate of drug-likeness (QED) is 0.723. The van der Waals surface area contributed by atoms with E-state index in [2.05, 4.69) is 6.92 Å². The number of nitrogens with two attached hydrogens (primary N) is 1. The number of carbonyl (C=O) groups excluding carboxylic acids is 1. The van der Waals surface area contributed by atoms with Crippen molar-refractivity contribution < 1.29 is 9.53 Å². The van der Waals surface area contributed by atoms with E-state index in [4.69, 9.17) is 10.5 Å². The van der Waals surface area contributed by atoms with Crippen LogP contribution in [0.25, 0.3) is 0 Å². The molecule has 2 N–H and O–H groups in total. The SMILES string of the molecule is CC[C@@H]1C[C@H](N)CN1C(=O)OC(C)(C)C. The van der Waals surface area contributed by atoms with Crippen LogP contribution in [0.5, 0.6) is 0 Å². The van der Waals surface area contributed by atoms with Crippen molar-refractivity contribution in [2.75, 3.05) is 6.54 Å². The maximum Gasteiger partial charge on any atom is 0.410 e. The van der Waals surface area contributed by atoms with Crippen LogP contribution in [0.2, 0.25) is 0 Å². The Kier molecular flexibility index (Phi) is 3.60. The normalized spacial score (nSPS) is 26.9. The van der Waals surface area contributed by atoms with Gasteiger partial charge in [0.2, 0.25) is 0 Å². The zero-order valence-corrected chi connectivity index (χ0v) is 10.1. The molecule has 2 atom stereocenters. The summed E-state index contributed by atoms with van der Waals surface area (Å²) >= 11 is 0. The smallest absolute Gasteiger partial charge is 0.410 e. The van der Waals surface area contributed by atoms with Gasteiger partial charge in [0.25, 0.3) is 0 Å². The van der Waals surface area contributed by atoms with Crippen LogP contribution in [0.15, 0.2) is 0 Å². The van der Waals surface area contributed by atoms with E-state index in [9.17, 15) is 4.79 Å². The molecule has 15 heavy (non-hydrogen) atoms. The molecule has 0 bridgehead atoms. The summed E-state index contributed by atoms with van der Waals surface area (Å²) in [6.45, 7) is 8.32. The molecule has 1 rings (SSSR count). The van der Waals surface area contributed by atoms with Crippen molar-refractivity contribution in [1.82, 2.24) is 4.90 Å². The van der Waals surface area contributed by atoms with E-state index in [-0.39, 0.29) is 18.2 Å². The van der Waals surface area contributed by atoms with Gasteiger partial charge in [0.05, 0.1) is 0 Å². The molecule has 1 aliphatic heterocycles. The number of amides is 1. The lowest BCUT2D eigenvalue weighted by Crippen LogP contribution is -2.40. The summed E-state index contributed by atoms with van der Waals surface area (Å²) in [5.41, 5.74) is 5.41. The summed E-state index contributed by atoms with van der Waals surface area (Å²) < 4.78 is 5.33. The lowest BCUT2D eigenvalue weighted by Gasteiger charge is -2.27. The third kappa shape index (κ3) is 3.38. The van der Waals surface area contributed by atoms with Crippen LogP contribution in [0.4, 0.5) is 4.79 Å². The fraction of sp³-hybridized carbons (Fsp3) is 0.909. The van der Waals surface area contributed by atoms with Gasteiger partial charge in [-0.25, -0.2) is 4.79 Å². The lowest BCUT2D eigenvalue weighted by molar-refractivity contribution is 0.0222. The van der Waals surface area contributed by atoms with Crippen LogP contribution in [0.1, 0.15) is 40.5 Å². The number of likely N-dealkylation sites (tertiary alicyclic amines) is 1. The topological polar surface area (TPSA) is 55.6 Å². The van der Waals surface area contributed by atoms with E-state index < -0.39 is 5.60 Å². The zero-order chi connectivity index (χ0) is 11.6. The van der Waals surface area contributed by atoms with Crippen molar-refractivity contribution in [3.63, 3.8) is 0 Å². The molecule has 1 heterocycles. The fourth-order valence-corrected chi connectivity index (χ4v) is 1.88. The van der Waals surface area contributed by atoms with Gasteiger partial charge in [0.15, 0.2) is 0 Å². The number of nitrogens with zero attached hydrogens (tertiary/aromatic N) is 1. The first-order chi connectivity index (χ1) is 6.83. The molecule has 1 aliphatic rings. The number of hydrogen-bond donors (Lipinski definition) is 1. The summed E-state index contributed by atoms with van der Waals surface area (Å²) in [6, 6.07) is 0.345. The van der Waals surface area contributed by atoms with Crippen LogP contribution in [0.3, 0.4) is 0 Å². The second-order valence-electron chi connectivity index (χ2n) is 5.19. The Morgan fingerprint density at radius 1 is 1.53 bits per heavy atom. The third-order valence-corrected chi connectivity index (χ3v) is 2.55. The van der Waals surface area contributed by atoms with E-state index in [0.717, 1.165) is 12.8 Å². The van der Waals surface area contributed by atoms with E-state index in [1.54, 1.807) is 4.90 Å². The van der Waals surface area contributed by atoms with Crippen molar-refractivity contribution >= 4 is 6.09 Å². The Bertz CT molecular complexity index is 235. The van der Waals surface area contributed by atoms with E-state index in [1.165, 1.54) is 0 Å². The second-order valence-corrected chi connectivity index (χ2v) is 5.19. The molecule has 1 amide bonds. The second kappa shape index (κ2) is 4.39. The molecule has 0 spiro atoms. The molecular weight excluding hydrogens is 192 g/mol. The highest BCUT2D eigenvalue weighted by Crippen LogP contribution is 2.22. The monoisotopic (exact) mass is 214 g/mol. The minimum Gasteiger partial charge on any atom is -0.444 e. The van der Waals surface area contributed by atoms with Gasteiger partial charge in [0, 0.05) is 18.6 Å². The lowest BCUT2D eigenvalue weighted by atomic mass is 10.1. The molecule has 0 aromatic rings. The molecule has 0 unspecified atom stereocenters. The standard InChI is InChI=1S/C11H22N2O2/c1-5-9-6-8(12)7-13(9)10(14)15-11(2,3)4/h8-9H,5-7,12H2,1-4H3/t8-,9+/m0/s1. The highest BCUT2D eigenvalue weighted by Gasteiger charge is 2.34. The average molecular weight is 214 g/mol. The Hall–Kier alpha value is -0.770. The minimum atomic E-state index is -0.429. The Morgan fingerprint density at radius 3 is 2.60 bits per heavy atom. The summed E-state index contributed by atoms with van der Waals surface area (Å²) in [5, 5.41) is 0. The highest BCUT2D eigenvalue weighted by molar-refractivity contribution is 5.69. The number of rotatable bonds is 1. The third-order valence-electron chi connectivity index (χ3n) is 2.55. The average Bonchev–Trinajstić information content (AvgIpc) is 2.43. The van der Waals surface area contributed by atoms with Crippen LogP contribution in [0, 0.1) is 0 Å². The molecule has 0 aliphatic carbocycles. The van der Waals surface area contributed by atoms with E-state index in [0.29, 0.717) is 6.54 Å². The van der Waals surface area contributed by atoms with Crippen LogP contribution in [-0.4, -0.2) is 35.2 Å². The molecule has 0 saturated carbocycles. The van der Waals surface area contributed by atoms with Crippen molar-refractivity contribution in [3.8, 4) is 0 Å². The Morgan fingerprint density at radius 2 is 2.13 bits per heavy atom. The van der Waals surface area contributed by atoms with Gasteiger partial charge in [0.1, 0.15) is 5.60 Å². The van der Waals surface area contributed by atoms with Gasteiger partial charge in [-0.15, -0.1) is 0 Å². The number of hydrogen-bond acceptors (Lipinski definition) is 3. The first-order valence-electron chi connectivity index (χ1n) is 5.58. The summed E-state index contributed by atoms with van der Waals surface area (Å²) in [6.07, 6.45) is 1.59. The molecule has 4 nitrogen and oxygen atoms in total. The maximum atomic E-state index is 11.8. The summed E-state index contributed by atoms with van der Waals surface area (Å²) in [7, 11) is 0. The largest absolute Gasteiger partial charge is 0.444 e. The summed E-state index contributed by atoms with van der Waals surface area (Å²) in [4.78, 5) is 13.6. The van der Waals surface area contributed by atoms with Crippen LogP contribution in [-0.2, 0) is 4.74 Å². The minimum absolute atomic E-state index is 0.0995. The Labute approximate surface area is 91.8 Å². The maximum absolute atomic E-state index is 11.8. The van der Waals surface area contributed by atoms with Gasteiger partial charge in [-0.3, -0.25) is 0 Å². The predicted octanol–water partition coefficient (Wildman–Crippen LogP) is 1.73. The molecule has 1 fully saturated rings. The van der Waals surface area contributed by atoms with Crippen LogP contribution >= 0.6 is 0 Å². The molecule has 4 heteroatoms. The first kappa shape index (κ1) is 12.3. The number of ether oxygens (including phenoxy) is 1. The molecule has 0 radical (unpaired) electrons.